The van der Waals surface area contributed by atoms with Gasteiger partial charge in [-0.15, -0.1) is 5.10 Å². The molecule has 0 saturated heterocycles. The second kappa shape index (κ2) is 4.60. The van der Waals surface area contributed by atoms with E-state index in [0.29, 0.717) is 17.3 Å². The molecule has 0 unspecified atom stereocenters. The van der Waals surface area contributed by atoms with Crippen molar-refractivity contribution in [1.29, 1.82) is 0 Å². The van der Waals surface area contributed by atoms with Gasteiger partial charge in [-0.2, -0.15) is 0 Å². The highest BCUT2D eigenvalue weighted by Crippen LogP contribution is 2.06. The maximum absolute atomic E-state index is 11.6. The molecule has 0 atom stereocenters. The van der Waals surface area contributed by atoms with Crippen LogP contribution < -0.4 is 11.1 Å². The van der Waals surface area contributed by atoms with Crippen LogP contribution in [0.15, 0.2) is 22.7 Å². The third-order valence-corrected chi connectivity index (χ3v) is 1.96. The quantitative estimate of drug-likeness (QED) is 0.801. The van der Waals surface area contributed by atoms with E-state index in [4.69, 9.17) is 10.2 Å². The first-order valence-corrected chi connectivity index (χ1v) is 4.94. The van der Waals surface area contributed by atoms with Gasteiger partial charge in [-0.25, -0.2) is 0 Å². The summed E-state index contributed by atoms with van der Waals surface area (Å²) in [7, 11) is 0. The van der Waals surface area contributed by atoms with Crippen molar-refractivity contribution in [1.82, 2.24) is 15.2 Å². The van der Waals surface area contributed by atoms with Gasteiger partial charge in [0.2, 0.25) is 11.8 Å². The van der Waals surface area contributed by atoms with Crippen LogP contribution in [-0.4, -0.2) is 21.1 Å². The number of carbonyl (C=O) groups excluding carboxylic acids is 1. The SMILES string of the molecule is Cc1nnc(NC(=O)Cc2ccc(N)cn2)o1. The van der Waals surface area contributed by atoms with E-state index in [1.54, 1.807) is 19.1 Å². The summed E-state index contributed by atoms with van der Waals surface area (Å²) < 4.78 is 5.02. The molecule has 2 heterocycles. The predicted octanol–water partition coefficient (Wildman–Crippen LogP) is 0.536. The molecular formula is C10H11N5O2. The zero-order chi connectivity index (χ0) is 12.3. The molecule has 0 aliphatic rings. The highest BCUT2D eigenvalue weighted by atomic mass is 16.4. The van der Waals surface area contributed by atoms with Crippen LogP contribution in [0.4, 0.5) is 11.7 Å². The van der Waals surface area contributed by atoms with E-state index in [1.165, 1.54) is 6.20 Å². The Bertz CT molecular complexity index is 520. The van der Waals surface area contributed by atoms with E-state index < -0.39 is 0 Å². The molecule has 2 aromatic heterocycles. The Morgan fingerprint density at radius 2 is 2.29 bits per heavy atom. The number of nitrogen functional groups attached to an aromatic ring is 1. The number of amides is 1. The van der Waals surface area contributed by atoms with Gasteiger partial charge >= 0.3 is 6.01 Å². The number of nitrogens with two attached hydrogens (primary N) is 1. The van der Waals surface area contributed by atoms with Crippen molar-refractivity contribution in [2.75, 3.05) is 11.1 Å². The van der Waals surface area contributed by atoms with Gasteiger partial charge in [0.05, 0.1) is 18.3 Å². The lowest BCUT2D eigenvalue weighted by Gasteiger charge is -2.00. The molecule has 0 saturated carbocycles. The van der Waals surface area contributed by atoms with Crippen molar-refractivity contribution < 1.29 is 9.21 Å². The number of aryl methyl sites for hydroxylation is 1. The Hall–Kier alpha value is -2.44. The van der Waals surface area contributed by atoms with Gasteiger partial charge in [-0.3, -0.25) is 15.1 Å². The maximum atomic E-state index is 11.6. The molecule has 0 aliphatic carbocycles. The van der Waals surface area contributed by atoms with Crippen LogP contribution in [-0.2, 0) is 11.2 Å². The van der Waals surface area contributed by atoms with Crippen molar-refractivity contribution in [3.63, 3.8) is 0 Å². The third kappa shape index (κ3) is 3.00. The van der Waals surface area contributed by atoms with Crippen LogP contribution in [0, 0.1) is 6.92 Å². The Labute approximate surface area is 97.1 Å². The summed E-state index contributed by atoms with van der Waals surface area (Å²) in [6, 6.07) is 3.46. The maximum Gasteiger partial charge on any atom is 0.322 e. The molecule has 7 heteroatoms. The summed E-state index contributed by atoms with van der Waals surface area (Å²) >= 11 is 0. The molecule has 0 aromatic carbocycles. The van der Waals surface area contributed by atoms with Gasteiger partial charge in [0.15, 0.2) is 0 Å². The Morgan fingerprint density at radius 3 is 2.88 bits per heavy atom. The van der Waals surface area contributed by atoms with Gasteiger partial charge < -0.3 is 10.2 Å². The second-order valence-electron chi connectivity index (χ2n) is 3.43. The second-order valence-corrected chi connectivity index (χ2v) is 3.43. The largest absolute Gasteiger partial charge is 0.408 e. The number of aromatic nitrogens is 3. The van der Waals surface area contributed by atoms with Crippen LogP contribution in [0.3, 0.4) is 0 Å². The number of pyridine rings is 1. The van der Waals surface area contributed by atoms with Crippen LogP contribution in [0.25, 0.3) is 0 Å². The van der Waals surface area contributed by atoms with E-state index in [1.807, 2.05) is 0 Å². The first-order chi connectivity index (χ1) is 8.13. The van der Waals surface area contributed by atoms with Crippen LogP contribution in [0.5, 0.6) is 0 Å². The molecule has 3 N–H and O–H groups in total. The molecule has 88 valence electrons. The summed E-state index contributed by atoms with van der Waals surface area (Å²) in [4.78, 5) is 15.6. The summed E-state index contributed by atoms with van der Waals surface area (Å²) in [5.41, 5.74) is 6.66. The zero-order valence-electron chi connectivity index (χ0n) is 9.17. The third-order valence-electron chi connectivity index (χ3n) is 1.96. The number of anilines is 2. The molecule has 0 fully saturated rings. The predicted molar refractivity (Wildman–Crippen MR) is 60.0 cm³/mol. The van der Waals surface area contributed by atoms with E-state index >= 15 is 0 Å². The standard InChI is InChI=1S/C10H11N5O2/c1-6-14-15-10(17-6)13-9(16)4-8-3-2-7(11)5-12-8/h2-3,5H,4,11H2,1H3,(H,13,15,16). The lowest BCUT2D eigenvalue weighted by Crippen LogP contribution is -2.15. The summed E-state index contributed by atoms with van der Waals surface area (Å²) in [6.45, 7) is 1.64. The Balaban J connectivity index is 1.95. The number of rotatable bonds is 3. The van der Waals surface area contributed by atoms with Crippen molar-refractivity contribution in [2.45, 2.75) is 13.3 Å². The minimum atomic E-state index is -0.272. The average molecular weight is 233 g/mol. The Kier molecular flexibility index (Phi) is 2.99. The van der Waals surface area contributed by atoms with Crippen LogP contribution in [0.1, 0.15) is 11.6 Å². The van der Waals surface area contributed by atoms with E-state index in [9.17, 15) is 4.79 Å². The summed E-state index contributed by atoms with van der Waals surface area (Å²) in [6.07, 6.45) is 1.63. The molecule has 0 radical (unpaired) electrons. The highest BCUT2D eigenvalue weighted by molar-refractivity contribution is 5.89. The van der Waals surface area contributed by atoms with Crippen LogP contribution >= 0.6 is 0 Å². The van der Waals surface area contributed by atoms with Crippen molar-refractivity contribution in [3.05, 3.63) is 29.9 Å². The zero-order valence-corrected chi connectivity index (χ0v) is 9.17. The van der Waals surface area contributed by atoms with Gasteiger partial charge in [0.25, 0.3) is 0 Å². The highest BCUT2D eigenvalue weighted by Gasteiger charge is 2.09. The Morgan fingerprint density at radius 1 is 1.47 bits per heavy atom. The number of nitrogens with one attached hydrogen (secondary N) is 1. The van der Waals surface area contributed by atoms with Gasteiger partial charge in [0, 0.05) is 12.6 Å². The fourth-order valence-corrected chi connectivity index (χ4v) is 1.22. The number of hydrogen-bond acceptors (Lipinski definition) is 6. The van der Waals surface area contributed by atoms with Crippen molar-refractivity contribution in [3.8, 4) is 0 Å². The van der Waals surface area contributed by atoms with Gasteiger partial charge in [-0.1, -0.05) is 5.10 Å². The molecule has 0 aliphatic heterocycles. The molecular weight excluding hydrogens is 222 g/mol. The fraction of sp³-hybridized carbons (Fsp3) is 0.200. The minimum absolute atomic E-state index is 0.0861. The minimum Gasteiger partial charge on any atom is -0.408 e. The smallest absolute Gasteiger partial charge is 0.322 e. The molecule has 0 bridgehead atoms. The fourth-order valence-electron chi connectivity index (χ4n) is 1.22. The number of nitrogens with zero attached hydrogens (tertiary/aromatic N) is 3. The molecule has 2 rings (SSSR count). The molecule has 0 spiro atoms. The normalized spacial score (nSPS) is 10.2. The van der Waals surface area contributed by atoms with Crippen LogP contribution in [0.2, 0.25) is 0 Å². The molecule has 1 amide bonds. The molecule has 17 heavy (non-hydrogen) atoms. The first kappa shape index (κ1) is 11.1. The van der Waals surface area contributed by atoms with Crippen molar-refractivity contribution in [2.24, 2.45) is 0 Å². The summed E-state index contributed by atoms with van der Waals surface area (Å²) in [5.74, 6) is 0.122. The average Bonchev–Trinajstić information content (AvgIpc) is 2.67. The van der Waals surface area contributed by atoms with E-state index in [-0.39, 0.29) is 18.3 Å². The lowest BCUT2D eigenvalue weighted by atomic mass is 10.2. The molecule has 7 nitrogen and oxygen atoms in total. The summed E-state index contributed by atoms with van der Waals surface area (Å²) in [5, 5.41) is 9.72. The first-order valence-electron chi connectivity index (χ1n) is 4.94. The topological polar surface area (TPSA) is 107 Å². The van der Waals surface area contributed by atoms with E-state index in [2.05, 4.69) is 20.5 Å². The van der Waals surface area contributed by atoms with Crippen molar-refractivity contribution >= 4 is 17.6 Å². The monoisotopic (exact) mass is 233 g/mol. The van der Waals surface area contributed by atoms with Gasteiger partial charge in [0.1, 0.15) is 0 Å². The van der Waals surface area contributed by atoms with Gasteiger partial charge in [-0.05, 0) is 12.1 Å². The number of carbonyl (C=O) groups is 1. The molecule has 2 aromatic rings. The number of hydrogen-bond donors (Lipinski definition) is 2. The lowest BCUT2D eigenvalue weighted by molar-refractivity contribution is -0.115. The van der Waals surface area contributed by atoms with E-state index in [0.717, 1.165) is 0 Å².